The Morgan fingerprint density at radius 2 is 2.12 bits per heavy atom. The van der Waals surface area contributed by atoms with Crippen molar-refractivity contribution in [2.75, 3.05) is 12.0 Å². The number of phenols is 1. The molecule has 2 rings (SSSR count). The van der Waals surface area contributed by atoms with Gasteiger partial charge in [0.25, 0.3) is 0 Å². The Labute approximate surface area is 106 Å². The molecule has 1 aromatic carbocycles. The average Bonchev–Trinajstić information content (AvgIpc) is 2.56. The van der Waals surface area contributed by atoms with E-state index in [1.165, 1.54) is 0 Å². The molecule has 0 saturated carbocycles. The summed E-state index contributed by atoms with van der Waals surface area (Å²) in [7, 11) is 0. The summed E-state index contributed by atoms with van der Waals surface area (Å²) in [6.45, 7) is 4.06. The number of aliphatic imine (C=N–C) groups is 1. The summed E-state index contributed by atoms with van der Waals surface area (Å²) >= 11 is 1.75. The maximum absolute atomic E-state index is 9.79. The van der Waals surface area contributed by atoms with E-state index in [1.54, 1.807) is 23.9 Å². The van der Waals surface area contributed by atoms with Gasteiger partial charge in [0.2, 0.25) is 5.90 Å². The number of hydrogen-bond acceptors (Lipinski definition) is 4. The maximum Gasteiger partial charge on any atom is 0.220 e. The lowest BCUT2D eigenvalue weighted by Gasteiger charge is -2.24. The van der Waals surface area contributed by atoms with E-state index in [4.69, 9.17) is 4.74 Å². The number of benzene rings is 1. The minimum absolute atomic E-state index is 0.132. The van der Waals surface area contributed by atoms with Gasteiger partial charge in [-0.05, 0) is 32.2 Å². The molecule has 17 heavy (non-hydrogen) atoms. The van der Waals surface area contributed by atoms with E-state index in [0.29, 0.717) is 11.5 Å². The Bertz CT molecular complexity index is 443. The Kier molecular flexibility index (Phi) is 3.33. The second-order valence-corrected chi connectivity index (χ2v) is 5.54. The normalized spacial score (nSPS) is 22.1. The van der Waals surface area contributed by atoms with E-state index in [2.05, 4.69) is 11.2 Å². The molecule has 1 aliphatic heterocycles. The van der Waals surface area contributed by atoms with Gasteiger partial charge in [0.05, 0.1) is 5.56 Å². The number of phenolic OH excluding ortho intramolecular Hbond substituents is 1. The van der Waals surface area contributed by atoms with Crippen LogP contribution < -0.4 is 0 Å². The SMILES string of the molecule is CSC[C@@H]1N=C(c2ccccc2O)OC1(C)C. The molecule has 0 radical (unpaired) electrons. The molecule has 0 aromatic heterocycles. The van der Waals surface area contributed by atoms with Crippen LogP contribution in [0.25, 0.3) is 0 Å². The number of aromatic hydroxyl groups is 1. The largest absolute Gasteiger partial charge is 0.507 e. The highest BCUT2D eigenvalue weighted by Crippen LogP contribution is 2.31. The molecule has 1 atom stereocenters. The smallest absolute Gasteiger partial charge is 0.220 e. The predicted molar refractivity (Wildman–Crippen MR) is 72.0 cm³/mol. The highest BCUT2D eigenvalue weighted by atomic mass is 32.2. The van der Waals surface area contributed by atoms with E-state index in [9.17, 15) is 5.11 Å². The summed E-state index contributed by atoms with van der Waals surface area (Å²) in [6, 6.07) is 7.27. The van der Waals surface area contributed by atoms with Crippen LogP contribution in [-0.4, -0.2) is 34.7 Å². The first-order chi connectivity index (χ1) is 8.04. The molecule has 1 N–H and O–H groups in total. The molecule has 0 spiro atoms. The molecule has 3 nitrogen and oxygen atoms in total. The molecule has 1 heterocycles. The lowest BCUT2D eigenvalue weighted by atomic mass is 10.0. The van der Waals surface area contributed by atoms with Crippen molar-refractivity contribution in [1.29, 1.82) is 0 Å². The highest BCUT2D eigenvalue weighted by Gasteiger charge is 2.38. The fourth-order valence-electron chi connectivity index (χ4n) is 1.82. The summed E-state index contributed by atoms with van der Waals surface area (Å²) in [4.78, 5) is 4.58. The van der Waals surface area contributed by atoms with Gasteiger partial charge in [-0.25, -0.2) is 4.99 Å². The van der Waals surface area contributed by atoms with Crippen molar-refractivity contribution in [2.24, 2.45) is 4.99 Å². The molecule has 1 aliphatic rings. The Balaban J connectivity index is 2.30. The van der Waals surface area contributed by atoms with Crippen LogP contribution in [0.15, 0.2) is 29.3 Å². The third-order valence-electron chi connectivity index (χ3n) is 2.89. The number of hydrogen-bond donors (Lipinski definition) is 1. The van der Waals surface area contributed by atoms with Crippen LogP contribution in [-0.2, 0) is 4.74 Å². The Hall–Kier alpha value is -1.16. The fourth-order valence-corrected chi connectivity index (χ4v) is 2.61. The van der Waals surface area contributed by atoms with Crippen LogP contribution in [0.3, 0.4) is 0 Å². The molecular weight excluding hydrogens is 234 g/mol. The van der Waals surface area contributed by atoms with Crippen molar-refractivity contribution >= 4 is 17.7 Å². The fraction of sp³-hybridized carbons (Fsp3) is 0.462. The van der Waals surface area contributed by atoms with Crippen LogP contribution in [0.5, 0.6) is 5.75 Å². The van der Waals surface area contributed by atoms with Crippen LogP contribution in [0, 0.1) is 0 Å². The van der Waals surface area contributed by atoms with Gasteiger partial charge in [-0.2, -0.15) is 11.8 Å². The molecule has 92 valence electrons. The first-order valence-corrected chi connectivity index (χ1v) is 6.98. The zero-order chi connectivity index (χ0) is 12.5. The molecule has 0 aliphatic carbocycles. The molecular formula is C13H17NO2S. The third kappa shape index (κ3) is 2.41. The van der Waals surface area contributed by atoms with Crippen LogP contribution in [0.4, 0.5) is 0 Å². The van der Waals surface area contributed by atoms with Gasteiger partial charge in [-0.3, -0.25) is 0 Å². The monoisotopic (exact) mass is 251 g/mol. The van der Waals surface area contributed by atoms with E-state index in [1.807, 2.05) is 26.0 Å². The zero-order valence-electron chi connectivity index (χ0n) is 10.3. The third-order valence-corrected chi connectivity index (χ3v) is 3.54. The molecule has 4 heteroatoms. The van der Waals surface area contributed by atoms with Crippen molar-refractivity contribution in [3.63, 3.8) is 0 Å². The summed E-state index contributed by atoms with van der Waals surface area (Å²) in [5.74, 6) is 1.68. The van der Waals surface area contributed by atoms with E-state index in [0.717, 1.165) is 5.75 Å². The summed E-state index contributed by atoms with van der Waals surface area (Å²) < 4.78 is 5.86. The number of para-hydroxylation sites is 1. The predicted octanol–water partition coefficient (Wildman–Crippen LogP) is 2.68. The number of ether oxygens (including phenoxy) is 1. The molecule has 0 saturated heterocycles. The van der Waals surface area contributed by atoms with Gasteiger partial charge in [-0.15, -0.1) is 0 Å². The van der Waals surface area contributed by atoms with Crippen LogP contribution >= 0.6 is 11.8 Å². The first-order valence-electron chi connectivity index (χ1n) is 5.58. The topological polar surface area (TPSA) is 41.8 Å². The van der Waals surface area contributed by atoms with Gasteiger partial charge in [0, 0.05) is 5.75 Å². The quantitative estimate of drug-likeness (QED) is 0.898. The average molecular weight is 251 g/mol. The number of thioether (sulfide) groups is 1. The summed E-state index contributed by atoms with van der Waals surface area (Å²) in [6.07, 6.45) is 2.06. The minimum atomic E-state index is -0.305. The molecule has 0 unspecified atom stereocenters. The van der Waals surface area contributed by atoms with E-state index < -0.39 is 0 Å². The first kappa shape index (κ1) is 12.3. The van der Waals surface area contributed by atoms with Gasteiger partial charge >= 0.3 is 0 Å². The van der Waals surface area contributed by atoms with E-state index in [-0.39, 0.29) is 17.4 Å². The van der Waals surface area contributed by atoms with E-state index >= 15 is 0 Å². The van der Waals surface area contributed by atoms with Crippen molar-refractivity contribution < 1.29 is 9.84 Å². The molecule has 0 bridgehead atoms. The van der Waals surface area contributed by atoms with Gasteiger partial charge in [0.15, 0.2) is 0 Å². The summed E-state index contributed by atoms with van der Waals surface area (Å²) in [5.41, 5.74) is 0.366. The maximum atomic E-state index is 9.79. The van der Waals surface area contributed by atoms with Gasteiger partial charge < -0.3 is 9.84 Å². The van der Waals surface area contributed by atoms with Crippen LogP contribution in [0.1, 0.15) is 19.4 Å². The van der Waals surface area contributed by atoms with Crippen molar-refractivity contribution in [3.8, 4) is 5.75 Å². The standard InChI is InChI=1S/C13H17NO2S/c1-13(2)11(8-17-3)14-12(16-13)9-6-4-5-7-10(9)15/h4-7,11,15H,8H2,1-3H3/t11-/m0/s1. The number of nitrogens with zero attached hydrogens (tertiary/aromatic N) is 1. The number of rotatable bonds is 3. The molecule has 0 fully saturated rings. The van der Waals surface area contributed by atoms with Crippen molar-refractivity contribution in [2.45, 2.75) is 25.5 Å². The lowest BCUT2D eigenvalue weighted by Crippen LogP contribution is -2.35. The molecule has 0 amide bonds. The molecule has 1 aromatic rings. The van der Waals surface area contributed by atoms with Crippen molar-refractivity contribution in [1.82, 2.24) is 0 Å². The lowest BCUT2D eigenvalue weighted by molar-refractivity contribution is 0.104. The zero-order valence-corrected chi connectivity index (χ0v) is 11.1. The second kappa shape index (κ2) is 4.61. The summed E-state index contributed by atoms with van der Waals surface area (Å²) in [5, 5.41) is 9.79. The van der Waals surface area contributed by atoms with Gasteiger partial charge in [0.1, 0.15) is 17.4 Å². The highest BCUT2D eigenvalue weighted by molar-refractivity contribution is 7.98. The minimum Gasteiger partial charge on any atom is -0.507 e. The van der Waals surface area contributed by atoms with Crippen LogP contribution in [0.2, 0.25) is 0 Å². The van der Waals surface area contributed by atoms with Gasteiger partial charge in [-0.1, -0.05) is 12.1 Å². The Morgan fingerprint density at radius 1 is 1.41 bits per heavy atom. The Morgan fingerprint density at radius 3 is 2.76 bits per heavy atom. The van der Waals surface area contributed by atoms with Crippen molar-refractivity contribution in [3.05, 3.63) is 29.8 Å². The second-order valence-electron chi connectivity index (χ2n) is 4.63.